The zero-order valence-electron chi connectivity index (χ0n) is 14.4. The molecule has 1 N–H and O–H groups in total. The van der Waals surface area contributed by atoms with E-state index < -0.39 is 0 Å². The number of nitrogens with zero attached hydrogens (tertiary/aromatic N) is 5. The van der Waals surface area contributed by atoms with Gasteiger partial charge in [-0.3, -0.25) is 13.9 Å². The molecule has 0 saturated carbocycles. The zero-order chi connectivity index (χ0) is 16.6. The van der Waals surface area contributed by atoms with E-state index in [1.807, 2.05) is 11.6 Å². The summed E-state index contributed by atoms with van der Waals surface area (Å²) in [6.45, 7) is 3.68. The van der Waals surface area contributed by atoms with Crippen LogP contribution in [0.5, 0.6) is 0 Å². The van der Waals surface area contributed by atoms with Gasteiger partial charge in [-0.15, -0.1) is 12.4 Å². The predicted molar refractivity (Wildman–Crippen MR) is 96.0 cm³/mol. The molecular formula is C15H25ClN6O2. The van der Waals surface area contributed by atoms with Gasteiger partial charge in [0.1, 0.15) is 0 Å². The van der Waals surface area contributed by atoms with Crippen molar-refractivity contribution in [2.24, 2.45) is 14.1 Å². The summed E-state index contributed by atoms with van der Waals surface area (Å²) in [5.41, 5.74) is 0.314. The fourth-order valence-electron chi connectivity index (χ4n) is 3.31. The van der Waals surface area contributed by atoms with E-state index >= 15 is 0 Å². The van der Waals surface area contributed by atoms with Gasteiger partial charge in [-0.05, 0) is 26.4 Å². The number of halogens is 1. The Morgan fingerprint density at radius 2 is 2.00 bits per heavy atom. The predicted octanol–water partition coefficient (Wildman–Crippen LogP) is -0.461. The van der Waals surface area contributed by atoms with Gasteiger partial charge in [0.05, 0.1) is 6.33 Å². The van der Waals surface area contributed by atoms with Gasteiger partial charge >= 0.3 is 5.69 Å². The highest BCUT2D eigenvalue weighted by Crippen LogP contribution is 2.11. The van der Waals surface area contributed by atoms with Gasteiger partial charge in [-0.25, -0.2) is 9.78 Å². The average molecular weight is 357 g/mol. The fourth-order valence-corrected chi connectivity index (χ4v) is 3.31. The van der Waals surface area contributed by atoms with Crippen LogP contribution < -0.4 is 16.6 Å². The summed E-state index contributed by atoms with van der Waals surface area (Å²) < 4.78 is 4.42. The van der Waals surface area contributed by atoms with Gasteiger partial charge < -0.3 is 14.8 Å². The lowest BCUT2D eigenvalue weighted by Crippen LogP contribution is -2.45. The Bertz CT molecular complexity index is 824. The smallest absolute Gasteiger partial charge is 0.323 e. The zero-order valence-corrected chi connectivity index (χ0v) is 15.2. The van der Waals surface area contributed by atoms with E-state index in [1.54, 1.807) is 13.4 Å². The number of aromatic nitrogens is 4. The molecule has 0 amide bonds. The first kappa shape index (κ1) is 18.7. The topological polar surface area (TPSA) is 77.1 Å². The molecule has 134 valence electrons. The number of hydrogen-bond donors (Lipinski definition) is 1. The summed E-state index contributed by atoms with van der Waals surface area (Å²) in [6, 6.07) is 0.539. The monoisotopic (exact) mass is 356 g/mol. The molecule has 0 aliphatic carbocycles. The molecule has 1 unspecified atom stereocenters. The lowest BCUT2D eigenvalue weighted by Gasteiger charge is -2.32. The van der Waals surface area contributed by atoms with E-state index in [0.29, 0.717) is 23.8 Å². The highest BCUT2D eigenvalue weighted by atomic mass is 35.5. The molecule has 3 heterocycles. The average Bonchev–Trinajstić information content (AvgIpc) is 3.00. The molecule has 1 saturated heterocycles. The van der Waals surface area contributed by atoms with E-state index in [0.717, 1.165) is 24.2 Å². The van der Waals surface area contributed by atoms with Crippen molar-refractivity contribution in [3.05, 3.63) is 27.2 Å². The second-order valence-corrected chi connectivity index (χ2v) is 6.24. The van der Waals surface area contributed by atoms with Crippen LogP contribution in [0.1, 0.15) is 12.8 Å². The molecule has 1 atom stereocenters. The third-order valence-electron chi connectivity index (χ3n) is 4.79. The van der Waals surface area contributed by atoms with Crippen molar-refractivity contribution in [1.82, 2.24) is 28.9 Å². The number of hydrogen-bond acceptors (Lipinski definition) is 5. The molecule has 0 bridgehead atoms. The van der Waals surface area contributed by atoms with Crippen LogP contribution in [0.2, 0.25) is 0 Å². The van der Waals surface area contributed by atoms with Crippen LogP contribution >= 0.6 is 12.4 Å². The van der Waals surface area contributed by atoms with Crippen molar-refractivity contribution in [3.8, 4) is 0 Å². The Morgan fingerprint density at radius 3 is 2.71 bits per heavy atom. The molecule has 3 rings (SSSR count). The van der Waals surface area contributed by atoms with Crippen molar-refractivity contribution >= 4 is 23.6 Å². The van der Waals surface area contributed by atoms with E-state index in [4.69, 9.17) is 0 Å². The first-order chi connectivity index (χ1) is 11.0. The second kappa shape index (κ2) is 7.50. The summed E-state index contributed by atoms with van der Waals surface area (Å²) in [5.74, 6) is 0. The Hall–Kier alpha value is -1.64. The van der Waals surface area contributed by atoms with Crippen molar-refractivity contribution in [2.45, 2.75) is 25.4 Å². The van der Waals surface area contributed by atoms with Crippen molar-refractivity contribution in [2.75, 3.05) is 26.7 Å². The molecule has 24 heavy (non-hydrogen) atoms. The molecule has 8 nitrogen and oxygen atoms in total. The molecule has 1 fully saturated rings. The summed E-state index contributed by atoms with van der Waals surface area (Å²) >= 11 is 0. The third-order valence-corrected chi connectivity index (χ3v) is 4.79. The quantitative estimate of drug-likeness (QED) is 0.802. The molecule has 0 radical (unpaired) electrons. The maximum absolute atomic E-state index is 12.4. The standard InChI is InChI=1S/C15H24N6O2.ClH/c1-16-11-5-4-6-20(9-11)7-8-21-10-17-13-12(21)14(22)19(3)15(23)18(13)2;/h10-11,16H,4-9H2,1-3H3;1H. The number of likely N-dealkylation sites (tertiary alicyclic amines) is 1. The van der Waals surface area contributed by atoms with Crippen LogP contribution in [0.25, 0.3) is 11.2 Å². The first-order valence-electron chi connectivity index (χ1n) is 8.03. The number of likely N-dealkylation sites (N-methyl/N-ethyl adjacent to an activating group) is 1. The summed E-state index contributed by atoms with van der Waals surface area (Å²) in [6.07, 6.45) is 4.06. The number of piperidine rings is 1. The lowest BCUT2D eigenvalue weighted by molar-refractivity contribution is 0.189. The minimum Gasteiger partial charge on any atom is -0.323 e. The number of imidazole rings is 1. The van der Waals surface area contributed by atoms with Crippen LogP contribution in [0, 0.1) is 0 Å². The molecule has 0 aromatic carbocycles. The number of fused-ring (bicyclic) bond motifs is 1. The summed E-state index contributed by atoms with van der Waals surface area (Å²) in [7, 11) is 5.15. The maximum atomic E-state index is 12.4. The maximum Gasteiger partial charge on any atom is 0.332 e. The van der Waals surface area contributed by atoms with E-state index in [-0.39, 0.29) is 23.7 Å². The van der Waals surface area contributed by atoms with E-state index in [1.165, 1.54) is 24.5 Å². The largest absolute Gasteiger partial charge is 0.332 e. The lowest BCUT2D eigenvalue weighted by atomic mass is 10.1. The number of rotatable bonds is 4. The van der Waals surface area contributed by atoms with Crippen molar-refractivity contribution < 1.29 is 0 Å². The highest BCUT2D eigenvalue weighted by Gasteiger charge is 2.19. The highest BCUT2D eigenvalue weighted by molar-refractivity contribution is 5.85. The van der Waals surface area contributed by atoms with Gasteiger partial charge in [0.25, 0.3) is 5.56 Å². The fraction of sp³-hybridized carbons (Fsp3) is 0.667. The first-order valence-corrected chi connectivity index (χ1v) is 8.03. The minimum atomic E-state index is -0.347. The SMILES string of the molecule is CNC1CCCN(CCn2cnc3c2c(=O)n(C)c(=O)n3C)C1.Cl. The molecular weight excluding hydrogens is 332 g/mol. The normalized spacial score (nSPS) is 18.7. The molecule has 1 aliphatic heterocycles. The van der Waals surface area contributed by atoms with Crippen molar-refractivity contribution in [1.29, 1.82) is 0 Å². The number of aryl methyl sites for hydroxylation is 1. The molecule has 0 spiro atoms. The van der Waals surface area contributed by atoms with Gasteiger partial charge in [0.2, 0.25) is 0 Å². The Balaban J connectivity index is 0.00000208. The Morgan fingerprint density at radius 1 is 1.25 bits per heavy atom. The number of nitrogens with one attached hydrogen (secondary N) is 1. The molecule has 9 heteroatoms. The summed E-state index contributed by atoms with van der Waals surface area (Å²) in [5, 5.41) is 3.33. The van der Waals surface area contributed by atoms with Crippen LogP contribution in [0.3, 0.4) is 0 Å². The van der Waals surface area contributed by atoms with Crippen LogP contribution in [-0.4, -0.2) is 56.3 Å². The van der Waals surface area contributed by atoms with Gasteiger partial charge in [-0.2, -0.15) is 0 Å². The molecule has 2 aromatic heterocycles. The molecule has 2 aromatic rings. The van der Waals surface area contributed by atoms with Crippen LogP contribution in [0.4, 0.5) is 0 Å². The van der Waals surface area contributed by atoms with Crippen molar-refractivity contribution in [3.63, 3.8) is 0 Å². The Labute approximate surface area is 146 Å². The van der Waals surface area contributed by atoms with Crippen LogP contribution in [-0.2, 0) is 20.6 Å². The van der Waals surface area contributed by atoms with Gasteiger partial charge in [0, 0.05) is 39.8 Å². The third kappa shape index (κ3) is 3.26. The minimum absolute atomic E-state index is 0. The van der Waals surface area contributed by atoms with Gasteiger partial charge in [0.15, 0.2) is 11.2 Å². The summed E-state index contributed by atoms with van der Waals surface area (Å²) in [4.78, 5) is 31.0. The van der Waals surface area contributed by atoms with E-state index in [9.17, 15) is 9.59 Å². The van der Waals surface area contributed by atoms with Gasteiger partial charge in [-0.1, -0.05) is 0 Å². The second-order valence-electron chi connectivity index (χ2n) is 6.24. The van der Waals surface area contributed by atoms with E-state index in [2.05, 4.69) is 15.2 Å². The Kier molecular flexibility index (Phi) is 5.84. The molecule has 1 aliphatic rings. The van der Waals surface area contributed by atoms with Crippen LogP contribution in [0.15, 0.2) is 15.9 Å².